The van der Waals surface area contributed by atoms with Crippen molar-refractivity contribution < 1.29 is 19.1 Å². The number of aryl methyl sites for hydroxylation is 3. The number of para-hydroxylation sites is 1. The van der Waals surface area contributed by atoms with Crippen LogP contribution in [0.5, 0.6) is 11.5 Å². The maximum absolute atomic E-state index is 13.1. The first-order valence-electron chi connectivity index (χ1n) is 10.3. The van der Waals surface area contributed by atoms with Crippen molar-refractivity contribution in [2.45, 2.75) is 25.8 Å². The zero-order valence-corrected chi connectivity index (χ0v) is 20.1. The second-order valence-corrected chi connectivity index (χ2v) is 8.40. The van der Waals surface area contributed by atoms with E-state index in [1.165, 1.54) is 18.9 Å². The number of aromatic nitrogens is 1. The fourth-order valence-corrected chi connectivity index (χ4v) is 4.25. The number of rotatable bonds is 8. The standard InChI is InChI=1S/C25H27N3O4S/c1-15-8-6-7-9-19(15)28-24(30)23-16(2)12-17(3)26-25(23)33-14-22(29)27-20-11-10-18(31-4)13-21(20)32-5/h6-13H,14H2,1-5H3,(H,27,29)(H,28,30). The Balaban J connectivity index is 1.76. The molecule has 1 heterocycles. The summed E-state index contributed by atoms with van der Waals surface area (Å²) in [5, 5.41) is 6.31. The van der Waals surface area contributed by atoms with Crippen LogP contribution >= 0.6 is 11.8 Å². The van der Waals surface area contributed by atoms with Gasteiger partial charge in [0.05, 0.1) is 31.2 Å². The third-order valence-corrected chi connectivity index (χ3v) is 5.93. The van der Waals surface area contributed by atoms with Crippen LogP contribution in [0.15, 0.2) is 53.6 Å². The van der Waals surface area contributed by atoms with E-state index in [1.54, 1.807) is 25.3 Å². The molecular weight excluding hydrogens is 438 g/mol. The molecule has 7 nitrogen and oxygen atoms in total. The summed E-state index contributed by atoms with van der Waals surface area (Å²) < 4.78 is 10.5. The number of amides is 2. The van der Waals surface area contributed by atoms with Crippen LogP contribution in [-0.4, -0.2) is 36.8 Å². The van der Waals surface area contributed by atoms with Gasteiger partial charge in [-0.3, -0.25) is 9.59 Å². The number of ether oxygens (including phenoxy) is 2. The van der Waals surface area contributed by atoms with Gasteiger partial charge in [0.2, 0.25) is 5.91 Å². The summed E-state index contributed by atoms with van der Waals surface area (Å²) in [7, 11) is 3.09. The molecule has 8 heteroatoms. The van der Waals surface area contributed by atoms with Crippen molar-refractivity contribution in [1.82, 2.24) is 4.98 Å². The Hall–Kier alpha value is -3.52. The lowest BCUT2D eigenvalue weighted by Gasteiger charge is -2.15. The lowest BCUT2D eigenvalue weighted by atomic mass is 10.1. The summed E-state index contributed by atoms with van der Waals surface area (Å²) in [6, 6.07) is 14.6. The van der Waals surface area contributed by atoms with Gasteiger partial charge in [0, 0.05) is 17.4 Å². The summed E-state index contributed by atoms with van der Waals surface area (Å²) in [4.78, 5) is 30.3. The summed E-state index contributed by atoms with van der Waals surface area (Å²) in [5.74, 6) is 0.706. The zero-order valence-electron chi connectivity index (χ0n) is 19.3. The molecule has 3 rings (SSSR count). The molecule has 0 aliphatic rings. The van der Waals surface area contributed by atoms with E-state index in [0.717, 1.165) is 22.5 Å². The van der Waals surface area contributed by atoms with E-state index in [4.69, 9.17) is 9.47 Å². The van der Waals surface area contributed by atoms with Gasteiger partial charge in [-0.05, 0) is 56.2 Å². The number of nitrogens with zero attached hydrogens (tertiary/aromatic N) is 1. The molecule has 0 fully saturated rings. The molecule has 0 spiro atoms. The predicted molar refractivity (Wildman–Crippen MR) is 132 cm³/mol. The average Bonchev–Trinajstić information content (AvgIpc) is 2.79. The van der Waals surface area contributed by atoms with Crippen LogP contribution in [0.3, 0.4) is 0 Å². The molecule has 0 unspecified atom stereocenters. The van der Waals surface area contributed by atoms with Gasteiger partial charge in [0.15, 0.2) is 0 Å². The first-order valence-corrected chi connectivity index (χ1v) is 11.3. The van der Waals surface area contributed by atoms with Crippen LogP contribution in [0.2, 0.25) is 0 Å². The van der Waals surface area contributed by atoms with E-state index in [-0.39, 0.29) is 17.6 Å². The Morgan fingerprint density at radius 1 is 0.909 bits per heavy atom. The maximum atomic E-state index is 13.1. The van der Waals surface area contributed by atoms with Gasteiger partial charge in [-0.2, -0.15) is 0 Å². The molecule has 1 aromatic heterocycles. The average molecular weight is 466 g/mol. The molecule has 2 aromatic carbocycles. The van der Waals surface area contributed by atoms with Crippen molar-refractivity contribution in [1.29, 1.82) is 0 Å². The first-order chi connectivity index (χ1) is 15.8. The van der Waals surface area contributed by atoms with Gasteiger partial charge in [0.25, 0.3) is 5.91 Å². The number of methoxy groups -OCH3 is 2. The molecule has 2 amide bonds. The van der Waals surface area contributed by atoms with Crippen molar-refractivity contribution in [3.8, 4) is 11.5 Å². The van der Waals surface area contributed by atoms with E-state index in [9.17, 15) is 9.59 Å². The fourth-order valence-electron chi connectivity index (χ4n) is 3.30. The summed E-state index contributed by atoms with van der Waals surface area (Å²) in [6.45, 7) is 5.67. The normalized spacial score (nSPS) is 10.5. The Morgan fingerprint density at radius 2 is 1.67 bits per heavy atom. The minimum Gasteiger partial charge on any atom is -0.497 e. The minimum absolute atomic E-state index is 0.0791. The number of nitrogens with one attached hydrogen (secondary N) is 2. The SMILES string of the molecule is COc1ccc(NC(=O)CSc2nc(C)cc(C)c2C(=O)Nc2ccccc2C)c(OC)c1. The highest BCUT2D eigenvalue weighted by molar-refractivity contribution is 8.00. The van der Waals surface area contributed by atoms with E-state index in [2.05, 4.69) is 15.6 Å². The van der Waals surface area contributed by atoms with E-state index in [0.29, 0.717) is 27.8 Å². The van der Waals surface area contributed by atoms with E-state index < -0.39 is 0 Å². The molecule has 2 N–H and O–H groups in total. The monoisotopic (exact) mass is 465 g/mol. The van der Waals surface area contributed by atoms with Gasteiger partial charge in [0.1, 0.15) is 16.5 Å². The molecule has 0 aliphatic heterocycles. The van der Waals surface area contributed by atoms with Gasteiger partial charge < -0.3 is 20.1 Å². The third-order valence-electron chi connectivity index (χ3n) is 4.95. The molecule has 33 heavy (non-hydrogen) atoms. The number of benzene rings is 2. The molecule has 172 valence electrons. The highest BCUT2D eigenvalue weighted by atomic mass is 32.2. The van der Waals surface area contributed by atoms with Crippen molar-refractivity contribution >= 4 is 35.0 Å². The summed E-state index contributed by atoms with van der Waals surface area (Å²) in [6.07, 6.45) is 0. The van der Waals surface area contributed by atoms with Crippen molar-refractivity contribution in [3.63, 3.8) is 0 Å². The number of carbonyl (C=O) groups excluding carboxylic acids is 2. The highest BCUT2D eigenvalue weighted by Gasteiger charge is 2.19. The molecule has 0 aliphatic carbocycles. The Bertz CT molecular complexity index is 1180. The van der Waals surface area contributed by atoms with Crippen molar-refractivity contribution in [2.24, 2.45) is 0 Å². The third kappa shape index (κ3) is 6.04. The van der Waals surface area contributed by atoms with Crippen LogP contribution in [-0.2, 0) is 4.79 Å². The molecular formula is C25H27N3O4S. The Morgan fingerprint density at radius 3 is 2.36 bits per heavy atom. The van der Waals surface area contributed by atoms with Crippen LogP contribution < -0.4 is 20.1 Å². The molecule has 0 saturated heterocycles. The number of hydrogen-bond donors (Lipinski definition) is 2. The van der Waals surface area contributed by atoms with Gasteiger partial charge >= 0.3 is 0 Å². The summed E-state index contributed by atoms with van der Waals surface area (Å²) in [5.41, 5.74) is 4.28. The van der Waals surface area contributed by atoms with Crippen LogP contribution in [0, 0.1) is 20.8 Å². The molecule has 0 atom stereocenters. The second-order valence-electron chi connectivity index (χ2n) is 7.43. The van der Waals surface area contributed by atoms with Crippen molar-refractivity contribution in [2.75, 3.05) is 30.6 Å². The van der Waals surface area contributed by atoms with Crippen LogP contribution in [0.1, 0.15) is 27.2 Å². The lowest BCUT2D eigenvalue weighted by molar-refractivity contribution is -0.113. The Labute approximate surface area is 197 Å². The summed E-state index contributed by atoms with van der Waals surface area (Å²) >= 11 is 1.22. The molecule has 3 aromatic rings. The predicted octanol–water partition coefficient (Wildman–Crippen LogP) is 5.01. The van der Waals surface area contributed by atoms with Crippen molar-refractivity contribution in [3.05, 3.63) is 70.9 Å². The quantitative estimate of drug-likeness (QED) is 0.455. The van der Waals surface area contributed by atoms with Crippen LogP contribution in [0.4, 0.5) is 11.4 Å². The lowest BCUT2D eigenvalue weighted by Crippen LogP contribution is -2.18. The topological polar surface area (TPSA) is 89.5 Å². The molecule has 0 saturated carbocycles. The number of hydrogen-bond acceptors (Lipinski definition) is 6. The minimum atomic E-state index is -0.256. The number of pyridine rings is 1. The number of thioether (sulfide) groups is 1. The second kappa shape index (κ2) is 10.9. The molecule has 0 radical (unpaired) electrons. The first kappa shape index (κ1) is 24.1. The largest absolute Gasteiger partial charge is 0.497 e. The smallest absolute Gasteiger partial charge is 0.258 e. The fraction of sp³-hybridized carbons (Fsp3) is 0.240. The number of anilines is 2. The Kier molecular flexibility index (Phi) is 7.95. The van der Waals surface area contributed by atoms with Crippen LogP contribution in [0.25, 0.3) is 0 Å². The molecule has 0 bridgehead atoms. The van der Waals surface area contributed by atoms with Gasteiger partial charge in [-0.1, -0.05) is 30.0 Å². The van der Waals surface area contributed by atoms with Gasteiger partial charge in [-0.25, -0.2) is 4.98 Å². The highest BCUT2D eigenvalue weighted by Crippen LogP contribution is 2.30. The van der Waals surface area contributed by atoms with E-state index in [1.807, 2.05) is 51.1 Å². The number of carbonyl (C=O) groups is 2. The van der Waals surface area contributed by atoms with E-state index >= 15 is 0 Å². The maximum Gasteiger partial charge on any atom is 0.258 e. The zero-order chi connectivity index (χ0) is 24.0. The van der Waals surface area contributed by atoms with Gasteiger partial charge in [-0.15, -0.1) is 0 Å².